The minimum absolute atomic E-state index is 0.00171. The van der Waals surface area contributed by atoms with Crippen LogP contribution < -0.4 is 0 Å². The molecule has 6 heteroatoms. The average Bonchev–Trinajstić information content (AvgIpc) is 2.45. The lowest BCUT2D eigenvalue weighted by molar-refractivity contribution is -0.159. The maximum absolute atomic E-state index is 12.0. The van der Waals surface area contributed by atoms with Gasteiger partial charge in [-0.3, -0.25) is 14.4 Å². The van der Waals surface area contributed by atoms with Crippen molar-refractivity contribution in [3.63, 3.8) is 0 Å². The SMILES string of the molecule is CCC[C@H](CC(C)=O)OC(=O)C[C@@H](CC)OC(=O)C[C@@H](C)OC. The van der Waals surface area contributed by atoms with Crippen molar-refractivity contribution in [1.82, 2.24) is 0 Å². The van der Waals surface area contributed by atoms with Gasteiger partial charge in [-0.25, -0.2) is 0 Å². The topological polar surface area (TPSA) is 78.9 Å². The van der Waals surface area contributed by atoms with E-state index in [-0.39, 0.29) is 31.1 Å². The Hall–Kier alpha value is -1.43. The van der Waals surface area contributed by atoms with E-state index in [0.29, 0.717) is 12.8 Å². The molecule has 0 aromatic heterocycles. The van der Waals surface area contributed by atoms with Gasteiger partial charge in [-0.15, -0.1) is 0 Å². The molecule has 0 aliphatic rings. The monoisotopic (exact) mass is 330 g/mol. The lowest BCUT2D eigenvalue weighted by atomic mass is 10.1. The quantitative estimate of drug-likeness (QED) is 0.512. The smallest absolute Gasteiger partial charge is 0.309 e. The molecule has 0 saturated carbocycles. The summed E-state index contributed by atoms with van der Waals surface area (Å²) in [6.07, 6.45) is 1.22. The first kappa shape index (κ1) is 21.6. The maximum Gasteiger partial charge on any atom is 0.309 e. The molecule has 134 valence electrons. The van der Waals surface area contributed by atoms with Crippen molar-refractivity contribution < 1.29 is 28.6 Å². The Morgan fingerprint density at radius 2 is 1.48 bits per heavy atom. The van der Waals surface area contributed by atoms with Gasteiger partial charge in [0.1, 0.15) is 18.0 Å². The Balaban J connectivity index is 4.40. The zero-order chi connectivity index (χ0) is 17.8. The van der Waals surface area contributed by atoms with Crippen molar-refractivity contribution in [3.05, 3.63) is 0 Å². The number of rotatable bonds is 12. The van der Waals surface area contributed by atoms with Crippen LogP contribution in [0, 0.1) is 0 Å². The summed E-state index contributed by atoms with van der Waals surface area (Å²) in [5.41, 5.74) is 0. The molecule has 23 heavy (non-hydrogen) atoms. The maximum atomic E-state index is 12.0. The molecule has 0 spiro atoms. The summed E-state index contributed by atoms with van der Waals surface area (Å²) in [6.45, 7) is 7.05. The van der Waals surface area contributed by atoms with E-state index in [1.54, 1.807) is 6.92 Å². The summed E-state index contributed by atoms with van der Waals surface area (Å²) < 4.78 is 15.6. The summed E-state index contributed by atoms with van der Waals surface area (Å²) in [5.74, 6) is -0.847. The van der Waals surface area contributed by atoms with Crippen LogP contribution in [0.4, 0.5) is 0 Å². The van der Waals surface area contributed by atoms with Crippen LogP contribution in [-0.2, 0) is 28.6 Å². The third-order valence-corrected chi connectivity index (χ3v) is 3.43. The molecule has 0 unspecified atom stereocenters. The molecule has 0 radical (unpaired) electrons. The molecule has 0 bridgehead atoms. The Kier molecular flexibility index (Phi) is 11.3. The predicted molar refractivity (Wildman–Crippen MR) is 86.0 cm³/mol. The van der Waals surface area contributed by atoms with Gasteiger partial charge < -0.3 is 14.2 Å². The van der Waals surface area contributed by atoms with Crippen LogP contribution in [0.1, 0.15) is 66.2 Å². The normalized spacial score (nSPS) is 14.7. The lowest BCUT2D eigenvalue weighted by Gasteiger charge is -2.20. The summed E-state index contributed by atoms with van der Waals surface area (Å²) in [7, 11) is 1.52. The van der Waals surface area contributed by atoms with Gasteiger partial charge in [-0.05, 0) is 26.7 Å². The zero-order valence-corrected chi connectivity index (χ0v) is 14.9. The fourth-order valence-electron chi connectivity index (χ4n) is 2.09. The van der Waals surface area contributed by atoms with E-state index in [1.165, 1.54) is 14.0 Å². The second-order valence-electron chi connectivity index (χ2n) is 5.78. The second-order valence-corrected chi connectivity index (χ2v) is 5.78. The molecular weight excluding hydrogens is 300 g/mol. The fraction of sp³-hybridized carbons (Fsp3) is 0.824. The minimum atomic E-state index is -0.515. The number of methoxy groups -OCH3 is 1. The largest absolute Gasteiger partial charge is 0.462 e. The minimum Gasteiger partial charge on any atom is -0.462 e. The zero-order valence-electron chi connectivity index (χ0n) is 14.9. The number of hydrogen-bond donors (Lipinski definition) is 0. The number of hydrogen-bond acceptors (Lipinski definition) is 6. The van der Waals surface area contributed by atoms with Crippen molar-refractivity contribution in [1.29, 1.82) is 0 Å². The Labute approximate surface area is 138 Å². The summed E-state index contributed by atoms with van der Waals surface area (Å²) in [6, 6.07) is 0. The first-order valence-corrected chi connectivity index (χ1v) is 8.23. The summed E-state index contributed by atoms with van der Waals surface area (Å²) >= 11 is 0. The Morgan fingerprint density at radius 3 is 1.96 bits per heavy atom. The molecular formula is C17H30O6. The number of ether oxygens (including phenoxy) is 3. The Morgan fingerprint density at radius 1 is 0.913 bits per heavy atom. The average molecular weight is 330 g/mol. The van der Waals surface area contributed by atoms with Crippen LogP contribution >= 0.6 is 0 Å². The van der Waals surface area contributed by atoms with E-state index in [4.69, 9.17) is 14.2 Å². The third-order valence-electron chi connectivity index (χ3n) is 3.43. The van der Waals surface area contributed by atoms with Gasteiger partial charge in [0.05, 0.1) is 18.9 Å². The van der Waals surface area contributed by atoms with E-state index in [2.05, 4.69) is 0 Å². The second kappa shape index (κ2) is 12.0. The van der Waals surface area contributed by atoms with Gasteiger partial charge in [0.15, 0.2) is 0 Å². The van der Waals surface area contributed by atoms with Gasteiger partial charge >= 0.3 is 11.9 Å². The fourth-order valence-corrected chi connectivity index (χ4v) is 2.09. The molecule has 0 heterocycles. The summed E-state index contributed by atoms with van der Waals surface area (Å²) in [5, 5.41) is 0. The van der Waals surface area contributed by atoms with Crippen LogP contribution in [0.25, 0.3) is 0 Å². The Bertz CT molecular complexity index is 379. The van der Waals surface area contributed by atoms with E-state index >= 15 is 0 Å². The third kappa shape index (κ3) is 10.8. The predicted octanol–water partition coefficient (Wildman–Crippen LogP) is 2.81. The first-order valence-electron chi connectivity index (χ1n) is 8.23. The van der Waals surface area contributed by atoms with Crippen LogP contribution in [0.2, 0.25) is 0 Å². The van der Waals surface area contributed by atoms with Crippen LogP contribution in [0.3, 0.4) is 0 Å². The van der Waals surface area contributed by atoms with Gasteiger partial charge in [-0.1, -0.05) is 20.3 Å². The number of carbonyl (C=O) groups is 3. The molecule has 0 aromatic carbocycles. The number of esters is 2. The van der Waals surface area contributed by atoms with Gasteiger partial charge in [0, 0.05) is 13.5 Å². The van der Waals surface area contributed by atoms with E-state index in [1.807, 2.05) is 13.8 Å². The molecule has 6 nitrogen and oxygen atoms in total. The molecule has 0 saturated heterocycles. The number of ketones is 1. The van der Waals surface area contributed by atoms with E-state index < -0.39 is 24.1 Å². The van der Waals surface area contributed by atoms with E-state index in [9.17, 15) is 14.4 Å². The highest BCUT2D eigenvalue weighted by atomic mass is 16.6. The highest BCUT2D eigenvalue weighted by molar-refractivity contribution is 5.77. The van der Waals surface area contributed by atoms with Crippen molar-refractivity contribution >= 4 is 17.7 Å². The van der Waals surface area contributed by atoms with Crippen molar-refractivity contribution in [2.75, 3.05) is 7.11 Å². The lowest BCUT2D eigenvalue weighted by Crippen LogP contribution is -2.27. The molecule has 0 fully saturated rings. The van der Waals surface area contributed by atoms with Crippen molar-refractivity contribution in [2.24, 2.45) is 0 Å². The molecule has 0 amide bonds. The standard InChI is InChI=1S/C17H30O6/c1-6-8-15(9-12(3)18)23-17(20)11-14(7-2)22-16(19)10-13(4)21-5/h13-15H,6-11H2,1-5H3/t13-,14-,15-/m1/s1. The number of Topliss-reactive ketones (excluding diaryl/α,β-unsaturated/α-hetero) is 1. The van der Waals surface area contributed by atoms with E-state index in [0.717, 1.165) is 6.42 Å². The van der Waals surface area contributed by atoms with Crippen molar-refractivity contribution in [3.8, 4) is 0 Å². The van der Waals surface area contributed by atoms with Gasteiger partial charge in [-0.2, -0.15) is 0 Å². The number of carbonyl (C=O) groups excluding carboxylic acids is 3. The van der Waals surface area contributed by atoms with Crippen molar-refractivity contribution in [2.45, 2.75) is 84.5 Å². The molecule has 0 aliphatic carbocycles. The first-order chi connectivity index (χ1) is 10.8. The van der Waals surface area contributed by atoms with Crippen LogP contribution in [0.5, 0.6) is 0 Å². The molecule has 3 atom stereocenters. The highest BCUT2D eigenvalue weighted by Crippen LogP contribution is 2.13. The van der Waals surface area contributed by atoms with Gasteiger partial charge in [0.2, 0.25) is 0 Å². The van der Waals surface area contributed by atoms with Crippen LogP contribution in [-0.4, -0.2) is 43.1 Å². The molecule has 0 N–H and O–H groups in total. The highest BCUT2D eigenvalue weighted by Gasteiger charge is 2.22. The molecule has 0 aromatic rings. The molecule has 0 aliphatic heterocycles. The molecule has 0 rings (SSSR count). The van der Waals surface area contributed by atoms with Gasteiger partial charge in [0.25, 0.3) is 0 Å². The van der Waals surface area contributed by atoms with Crippen LogP contribution in [0.15, 0.2) is 0 Å². The summed E-state index contributed by atoms with van der Waals surface area (Å²) in [4.78, 5) is 34.9.